The van der Waals surface area contributed by atoms with Gasteiger partial charge in [-0.3, -0.25) is 0 Å². The van der Waals surface area contributed by atoms with Crippen LogP contribution in [0.15, 0.2) is 0 Å². The van der Waals surface area contributed by atoms with E-state index in [9.17, 15) is 114 Å². The fourth-order valence-electron chi connectivity index (χ4n) is 5.82. The van der Waals surface area contributed by atoms with Crippen molar-refractivity contribution in [1.82, 2.24) is 0 Å². The van der Waals surface area contributed by atoms with Gasteiger partial charge in [-0.1, -0.05) is 0 Å². The highest BCUT2D eigenvalue weighted by Gasteiger charge is 3.22. The number of halogens is 34. The molecule has 2 fully saturated rings. The Morgan fingerprint density at radius 3 is 0.596 bits per heavy atom. The molecule has 0 heterocycles. The molecular formula is C18F34. The highest BCUT2D eigenvalue weighted by Crippen LogP contribution is 2.90. The fraction of sp³-hybridized carbons (Fsp3) is 1.00. The molecule has 2 aliphatic carbocycles. The molecule has 0 aliphatic heterocycles. The van der Waals surface area contributed by atoms with E-state index in [-0.39, 0.29) is 0 Å². The largest absolute Gasteiger partial charge is 0.457 e. The van der Waals surface area contributed by atoms with Crippen LogP contribution in [0.2, 0.25) is 0 Å². The summed E-state index contributed by atoms with van der Waals surface area (Å²) in [5.41, 5.74) is -58.9. The van der Waals surface area contributed by atoms with Crippen molar-refractivity contribution in [2.45, 2.75) is 101 Å². The van der Waals surface area contributed by atoms with Crippen LogP contribution in [0.25, 0.3) is 0 Å². The summed E-state index contributed by atoms with van der Waals surface area (Å²) in [6.45, 7) is 0. The molecular weight excluding hydrogens is 862 g/mol. The van der Waals surface area contributed by atoms with E-state index in [1.807, 2.05) is 0 Å². The lowest BCUT2D eigenvalue weighted by Gasteiger charge is -2.72. The number of hydrogen-bond acceptors (Lipinski definition) is 0. The second-order valence-electron chi connectivity index (χ2n) is 10.5. The first kappa shape index (κ1) is 45.8. The zero-order valence-electron chi connectivity index (χ0n) is 21.9. The van der Waals surface area contributed by atoms with Gasteiger partial charge in [0.05, 0.1) is 0 Å². The topological polar surface area (TPSA) is 0 Å². The predicted octanol–water partition coefficient (Wildman–Crippen LogP) is 10.8. The fourth-order valence-corrected chi connectivity index (χ4v) is 5.82. The van der Waals surface area contributed by atoms with Gasteiger partial charge in [0.25, 0.3) is 17.0 Å². The molecule has 2 saturated carbocycles. The first-order chi connectivity index (χ1) is 21.8. The summed E-state index contributed by atoms with van der Waals surface area (Å²) in [6, 6.07) is 0. The van der Waals surface area contributed by atoms with Crippen LogP contribution < -0.4 is 0 Å². The molecule has 4 atom stereocenters. The first-order valence-electron chi connectivity index (χ1n) is 11.2. The van der Waals surface area contributed by atoms with E-state index in [0.717, 1.165) is 0 Å². The summed E-state index contributed by atoms with van der Waals surface area (Å²) < 4.78 is 489. The third kappa shape index (κ3) is 3.64. The molecule has 2 aliphatic rings. The number of fused-ring (bicyclic) bond motifs is 1. The maximum Gasteiger partial charge on any atom is 0.457 e. The average molecular weight is 862 g/mol. The molecule has 0 radical (unpaired) electrons. The van der Waals surface area contributed by atoms with Gasteiger partial charge < -0.3 is 0 Å². The SMILES string of the molecule is FC(F)(F)C(F)(F)C(F)(C(F)(F)F)C1(C(F)(C(F)(F)F)C(F)(F)C(F)(F)F)C(F)(F)C(F)(F)C(F)(F)C2(F)C(F)(F)C(F)(F)C(F)(F)C(F)(F)C21F. The molecule has 0 aromatic heterocycles. The third-order valence-electron chi connectivity index (χ3n) is 8.12. The minimum Gasteiger partial charge on any atom is -0.232 e. The van der Waals surface area contributed by atoms with Crippen molar-refractivity contribution < 1.29 is 149 Å². The van der Waals surface area contributed by atoms with E-state index < -0.39 is 106 Å². The van der Waals surface area contributed by atoms with Crippen LogP contribution in [0.3, 0.4) is 0 Å². The summed E-state index contributed by atoms with van der Waals surface area (Å²) in [4.78, 5) is 0. The molecule has 0 nitrogen and oxygen atoms in total. The molecule has 0 aromatic carbocycles. The van der Waals surface area contributed by atoms with Gasteiger partial charge >= 0.3 is 78.0 Å². The summed E-state index contributed by atoms with van der Waals surface area (Å²) >= 11 is 0. The molecule has 0 amide bonds. The molecule has 0 aromatic rings. The zero-order valence-corrected chi connectivity index (χ0v) is 21.9. The molecule has 0 saturated heterocycles. The number of rotatable bonds is 4. The van der Waals surface area contributed by atoms with Gasteiger partial charge in [0.2, 0.25) is 5.67 Å². The van der Waals surface area contributed by atoms with E-state index >= 15 is 35.1 Å². The Bertz CT molecular complexity index is 1370. The molecule has 2 rings (SSSR count). The van der Waals surface area contributed by atoms with Gasteiger partial charge in [0.1, 0.15) is 0 Å². The zero-order chi connectivity index (χ0) is 43.0. The number of alkyl halides is 34. The molecule has 0 N–H and O–H groups in total. The average Bonchev–Trinajstić information content (AvgIpc) is 2.87. The molecule has 0 spiro atoms. The second-order valence-corrected chi connectivity index (χ2v) is 10.5. The van der Waals surface area contributed by atoms with Gasteiger partial charge in [0, 0.05) is 0 Å². The summed E-state index contributed by atoms with van der Waals surface area (Å²) in [5, 5.41) is 0. The summed E-state index contributed by atoms with van der Waals surface area (Å²) in [7, 11) is 0. The maximum absolute atomic E-state index is 16.5. The van der Waals surface area contributed by atoms with Gasteiger partial charge in [-0.2, -0.15) is 132 Å². The van der Waals surface area contributed by atoms with Crippen LogP contribution in [-0.2, 0) is 0 Å². The van der Waals surface area contributed by atoms with Crippen LogP contribution >= 0.6 is 0 Å². The molecule has 52 heavy (non-hydrogen) atoms. The Kier molecular flexibility index (Phi) is 8.70. The molecule has 0 bridgehead atoms. The highest BCUT2D eigenvalue weighted by molar-refractivity contribution is 5.50. The third-order valence-corrected chi connectivity index (χ3v) is 8.12. The minimum atomic E-state index is -12.4. The van der Waals surface area contributed by atoms with Gasteiger partial charge in [-0.15, -0.1) is 0 Å². The summed E-state index contributed by atoms with van der Waals surface area (Å²) in [6.07, 6.45) is -40.8. The van der Waals surface area contributed by atoms with Crippen molar-refractivity contribution in [3.8, 4) is 0 Å². The Morgan fingerprint density at radius 1 is 0.212 bits per heavy atom. The monoisotopic (exact) mass is 862 g/mol. The van der Waals surface area contributed by atoms with Crippen molar-refractivity contribution in [1.29, 1.82) is 0 Å². The van der Waals surface area contributed by atoms with Crippen molar-refractivity contribution >= 4 is 0 Å². The smallest absolute Gasteiger partial charge is 0.232 e. The van der Waals surface area contributed by atoms with Gasteiger partial charge in [-0.25, -0.2) is 17.6 Å². The Labute approximate surface area is 257 Å². The molecule has 310 valence electrons. The van der Waals surface area contributed by atoms with Crippen LogP contribution in [-0.4, -0.2) is 101 Å². The van der Waals surface area contributed by atoms with E-state index in [2.05, 4.69) is 0 Å². The minimum absolute atomic E-state index is 9.68. The molecule has 34 heteroatoms. The lowest BCUT2D eigenvalue weighted by atomic mass is 9.37. The van der Waals surface area contributed by atoms with Gasteiger partial charge in [0.15, 0.2) is 5.41 Å². The second kappa shape index (κ2) is 9.88. The van der Waals surface area contributed by atoms with Crippen molar-refractivity contribution in [3.05, 3.63) is 0 Å². The first-order valence-corrected chi connectivity index (χ1v) is 11.2. The number of hydrogen-bond donors (Lipinski definition) is 0. The molecule has 4 unspecified atom stereocenters. The van der Waals surface area contributed by atoms with Crippen LogP contribution in [0.5, 0.6) is 0 Å². The Balaban J connectivity index is 4.22. The summed E-state index contributed by atoms with van der Waals surface area (Å²) in [5.74, 6) is -94.9. The normalized spacial score (nSPS) is 35.2. The van der Waals surface area contributed by atoms with E-state index in [0.29, 0.717) is 0 Å². The van der Waals surface area contributed by atoms with Crippen molar-refractivity contribution in [3.63, 3.8) is 0 Å². The maximum atomic E-state index is 16.5. The lowest BCUT2D eigenvalue weighted by Crippen LogP contribution is -3.05. The van der Waals surface area contributed by atoms with Crippen LogP contribution in [0.4, 0.5) is 149 Å². The van der Waals surface area contributed by atoms with Crippen molar-refractivity contribution in [2.24, 2.45) is 5.41 Å². The Morgan fingerprint density at radius 2 is 0.404 bits per heavy atom. The van der Waals surface area contributed by atoms with Gasteiger partial charge in [-0.05, 0) is 0 Å². The highest BCUT2D eigenvalue weighted by atomic mass is 19.5. The van der Waals surface area contributed by atoms with Crippen molar-refractivity contribution in [2.75, 3.05) is 0 Å². The lowest BCUT2D eigenvalue weighted by molar-refractivity contribution is -0.602. The van der Waals surface area contributed by atoms with E-state index in [1.165, 1.54) is 0 Å². The standard InChI is InChI=1S/C18F34/c19-2-1(3(20,15(41,42)43)10(31,32)17(47,48)49,4(21,16(44,45)46)11(33,34)18(50,51)52)6(23,24)12(35,36)8(27,28)5(2,22)9(29,30)14(39,40)13(37,38)7(2,25)26. The van der Waals surface area contributed by atoms with E-state index in [1.54, 1.807) is 0 Å². The van der Waals surface area contributed by atoms with E-state index in [4.69, 9.17) is 0 Å². The quantitative estimate of drug-likeness (QED) is 0.247. The van der Waals surface area contributed by atoms with Crippen LogP contribution in [0, 0.1) is 5.41 Å². The Hall–Kier alpha value is -2.38. The van der Waals surface area contributed by atoms with Crippen LogP contribution in [0.1, 0.15) is 0 Å². The predicted molar refractivity (Wildman–Crippen MR) is 86.5 cm³/mol.